The topological polar surface area (TPSA) is 61.4 Å². The van der Waals surface area contributed by atoms with Crippen LogP contribution in [-0.4, -0.2) is 18.5 Å². The molecule has 1 saturated carbocycles. The molecule has 1 fully saturated rings. The molecular weight excluding hydrogens is 338 g/mol. The van der Waals surface area contributed by atoms with Crippen LogP contribution in [0, 0.1) is 5.92 Å². The molecule has 1 aliphatic heterocycles. The van der Waals surface area contributed by atoms with E-state index in [0.29, 0.717) is 16.4 Å². The Balaban J connectivity index is 1.47. The summed E-state index contributed by atoms with van der Waals surface area (Å²) < 4.78 is 0. The van der Waals surface area contributed by atoms with E-state index < -0.39 is 0 Å². The molecule has 2 N–H and O–H groups in total. The number of rotatable bonds is 3. The number of carbonyl (C=O) groups excluding carboxylic acids is 2. The number of urea groups is 1. The van der Waals surface area contributed by atoms with Crippen molar-refractivity contribution in [2.75, 3.05) is 22.1 Å². The van der Waals surface area contributed by atoms with Gasteiger partial charge < -0.3 is 15.5 Å². The summed E-state index contributed by atoms with van der Waals surface area (Å²) in [6.07, 6.45) is 2.85. The number of amides is 3. The molecule has 0 bridgehead atoms. The quantitative estimate of drug-likeness (QED) is 0.863. The lowest BCUT2D eigenvalue weighted by Crippen LogP contribution is -2.30. The standard InChI is InChI=1S/C19H18ClN3O2/c20-14-2-1-3-15(10-14)21-19(25)22-16-7-6-12-8-9-23(17(12)11-16)18(24)13-4-5-13/h1-3,6-7,10-11,13H,4-5,8-9H2,(H2,21,22,25). The molecule has 3 amide bonds. The summed E-state index contributed by atoms with van der Waals surface area (Å²) in [5.41, 5.74) is 3.35. The molecule has 5 nitrogen and oxygen atoms in total. The van der Waals surface area contributed by atoms with E-state index >= 15 is 0 Å². The molecule has 2 aromatic rings. The summed E-state index contributed by atoms with van der Waals surface area (Å²) in [4.78, 5) is 26.4. The number of nitrogens with one attached hydrogen (secondary N) is 2. The monoisotopic (exact) mass is 355 g/mol. The van der Waals surface area contributed by atoms with Crippen molar-refractivity contribution < 1.29 is 9.59 Å². The zero-order valence-corrected chi connectivity index (χ0v) is 14.3. The summed E-state index contributed by atoms with van der Waals surface area (Å²) in [6.45, 7) is 0.725. The van der Waals surface area contributed by atoms with Crippen molar-refractivity contribution in [1.82, 2.24) is 0 Å². The molecule has 0 saturated heterocycles. The molecule has 1 heterocycles. The molecule has 0 radical (unpaired) electrons. The largest absolute Gasteiger partial charge is 0.323 e. The van der Waals surface area contributed by atoms with Crippen LogP contribution in [0.4, 0.5) is 21.9 Å². The second-order valence-electron chi connectivity index (χ2n) is 6.45. The van der Waals surface area contributed by atoms with Gasteiger partial charge in [0, 0.05) is 34.5 Å². The highest BCUT2D eigenvalue weighted by Gasteiger charge is 2.36. The van der Waals surface area contributed by atoms with Crippen LogP contribution in [0.25, 0.3) is 0 Å². The lowest BCUT2D eigenvalue weighted by atomic mass is 10.1. The molecule has 25 heavy (non-hydrogen) atoms. The van der Waals surface area contributed by atoms with E-state index in [1.54, 1.807) is 24.3 Å². The molecule has 0 aromatic heterocycles. The Morgan fingerprint density at radius 3 is 2.52 bits per heavy atom. The van der Waals surface area contributed by atoms with E-state index in [2.05, 4.69) is 10.6 Å². The van der Waals surface area contributed by atoms with E-state index in [4.69, 9.17) is 11.6 Å². The lowest BCUT2D eigenvalue weighted by Gasteiger charge is -2.18. The van der Waals surface area contributed by atoms with Crippen LogP contribution in [0.5, 0.6) is 0 Å². The van der Waals surface area contributed by atoms with Crippen LogP contribution in [-0.2, 0) is 11.2 Å². The third-order valence-electron chi connectivity index (χ3n) is 4.51. The number of hydrogen-bond donors (Lipinski definition) is 2. The number of nitrogens with zero attached hydrogens (tertiary/aromatic N) is 1. The number of benzene rings is 2. The Bertz CT molecular complexity index is 848. The van der Waals surface area contributed by atoms with Gasteiger partial charge in [-0.3, -0.25) is 4.79 Å². The molecule has 128 valence electrons. The van der Waals surface area contributed by atoms with Gasteiger partial charge in [-0.25, -0.2) is 4.79 Å². The van der Waals surface area contributed by atoms with Crippen molar-refractivity contribution in [1.29, 1.82) is 0 Å². The van der Waals surface area contributed by atoms with Crippen LogP contribution in [0.3, 0.4) is 0 Å². The summed E-state index contributed by atoms with van der Waals surface area (Å²) in [5, 5.41) is 6.12. The SMILES string of the molecule is O=C(Nc1cccc(Cl)c1)Nc1ccc2c(c1)N(C(=O)C1CC1)CC2. The van der Waals surface area contributed by atoms with E-state index in [1.165, 1.54) is 0 Å². The van der Waals surface area contributed by atoms with Gasteiger partial charge in [-0.05, 0) is 55.2 Å². The van der Waals surface area contributed by atoms with Gasteiger partial charge in [0.05, 0.1) is 0 Å². The predicted octanol–water partition coefficient (Wildman–Crippen LogP) is 4.28. The third kappa shape index (κ3) is 3.46. The average molecular weight is 356 g/mol. The van der Waals surface area contributed by atoms with Crippen molar-refractivity contribution in [3.8, 4) is 0 Å². The summed E-state index contributed by atoms with van der Waals surface area (Å²) >= 11 is 5.92. The zero-order valence-electron chi connectivity index (χ0n) is 13.6. The Morgan fingerprint density at radius 2 is 1.80 bits per heavy atom. The molecular formula is C19H18ClN3O2. The number of halogens is 1. The van der Waals surface area contributed by atoms with Crippen molar-refractivity contribution >= 4 is 40.6 Å². The summed E-state index contributed by atoms with van der Waals surface area (Å²) in [6, 6.07) is 12.3. The first-order valence-corrected chi connectivity index (χ1v) is 8.76. The molecule has 6 heteroatoms. The molecule has 0 spiro atoms. The van der Waals surface area contributed by atoms with Crippen LogP contribution in [0.2, 0.25) is 5.02 Å². The Kier molecular flexibility index (Phi) is 4.09. The average Bonchev–Trinajstić information content (AvgIpc) is 3.34. The molecule has 2 aliphatic rings. The van der Waals surface area contributed by atoms with Gasteiger partial charge in [-0.1, -0.05) is 23.7 Å². The Labute approximate surface area is 151 Å². The highest BCUT2D eigenvalue weighted by Crippen LogP contribution is 2.37. The van der Waals surface area contributed by atoms with Gasteiger partial charge in [0.15, 0.2) is 0 Å². The second-order valence-corrected chi connectivity index (χ2v) is 6.88. The number of fused-ring (bicyclic) bond motifs is 1. The maximum absolute atomic E-state index is 12.4. The van der Waals surface area contributed by atoms with Crippen LogP contribution >= 0.6 is 11.6 Å². The van der Waals surface area contributed by atoms with E-state index in [0.717, 1.165) is 37.1 Å². The number of hydrogen-bond acceptors (Lipinski definition) is 2. The minimum Gasteiger partial charge on any atom is -0.312 e. The molecule has 4 rings (SSSR count). The zero-order chi connectivity index (χ0) is 17.4. The minimum absolute atomic E-state index is 0.189. The third-order valence-corrected chi connectivity index (χ3v) is 4.75. The van der Waals surface area contributed by atoms with Crippen LogP contribution in [0.15, 0.2) is 42.5 Å². The minimum atomic E-state index is -0.347. The molecule has 0 unspecified atom stereocenters. The fourth-order valence-electron chi connectivity index (χ4n) is 3.10. The summed E-state index contributed by atoms with van der Waals surface area (Å²) in [5.74, 6) is 0.396. The van der Waals surface area contributed by atoms with E-state index in [-0.39, 0.29) is 17.9 Å². The van der Waals surface area contributed by atoms with Gasteiger partial charge in [-0.15, -0.1) is 0 Å². The second kappa shape index (κ2) is 6.41. The van der Waals surface area contributed by atoms with E-state index in [1.807, 2.05) is 23.1 Å². The first-order chi connectivity index (χ1) is 12.1. The van der Waals surface area contributed by atoms with Gasteiger partial charge in [-0.2, -0.15) is 0 Å². The highest BCUT2D eigenvalue weighted by atomic mass is 35.5. The first kappa shape index (κ1) is 16.0. The predicted molar refractivity (Wildman–Crippen MR) is 99.3 cm³/mol. The van der Waals surface area contributed by atoms with Gasteiger partial charge >= 0.3 is 6.03 Å². The lowest BCUT2D eigenvalue weighted by molar-refractivity contribution is -0.119. The van der Waals surface area contributed by atoms with Crippen molar-refractivity contribution in [3.63, 3.8) is 0 Å². The van der Waals surface area contributed by atoms with Crippen molar-refractivity contribution in [2.24, 2.45) is 5.92 Å². The van der Waals surface area contributed by atoms with E-state index in [9.17, 15) is 9.59 Å². The van der Waals surface area contributed by atoms with Gasteiger partial charge in [0.25, 0.3) is 0 Å². The normalized spacial score (nSPS) is 15.6. The van der Waals surface area contributed by atoms with Crippen LogP contribution < -0.4 is 15.5 Å². The molecule has 0 atom stereocenters. The smallest absolute Gasteiger partial charge is 0.312 e. The van der Waals surface area contributed by atoms with Crippen LogP contribution in [0.1, 0.15) is 18.4 Å². The van der Waals surface area contributed by atoms with Crippen molar-refractivity contribution in [3.05, 3.63) is 53.1 Å². The molecule has 2 aromatic carbocycles. The number of anilines is 3. The fraction of sp³-hybridized carbons (Fsp3) is 0.263. The molecule has 1 aliphatic carbocycles. The Hall–Kier alpha value is -2.53. The first-order valence-electron chi connectivity index (χ1n) is 8.38. The van der Waals surface area contributed by atoms with Crippen molar-refractivity contribution in [2.45, 2.75) is 19.3 Å². The van der Waals surface area contributed by atoms with Gasteiger partial charge in [0.2, 0.25) is 5.91 Å². The fourth-order valence-corrected chi connectivity index (χ4v) is 3.29. The summed E-state index contributed by atoms with van der Waals surface area (Å²) in [7, 11) is 0. The number of carbonyl (C=O) groups is 2. The Morgan fingerprint density at radius 1 is 1.04 bits per heavy atom. The highest BCUT2D eigenvalue weighted by molar-refractivity contribution is 6.30. The maximum atomic E-state index is 12.4. The van der Waals surface area contributed by atoms with Gasteiger partial charge in [0.1, 0.15) is 0 Å². The maximum Gasteiger partial charge on any atom is 0.323 e.